The molecule has 4 aromatic rings. The van der Waals surface area contributed by atoms with E-state index in [0.29, 0.717) is 11.3 Å². The van der Waals surface area contributed by atoms with Crippen LogP contribution in [0.25, 0.3) is 0 Å². The number of benzene rings is 4. The number of sulfonamides is 1. The number of nitrogens with zero attached hydrogens (tertiary/aromatic N) is 2. The van der Waals surface area contributed by atoms with Gasteiger partial charge in [0.1, 0.15) is 12.6 Å². The van der Waals surface area contributed by atoms with E-state index in [9.17, 15) is 18.0 Å². The van der Waals surface area contributed by atoms with Gasteiger partial charge in [0.15, 0.2) is 0 Å². The highest BCUT2D eigenvalue weighted by Gasteiger charge is 2.35. The summed E-state index contributed by atoms with van der Waals surface area (Å²) in [5.74, 6) is -0.693. The van der Waals surface area contributed by atoms with Gasteiger partial charge in [-0.05, 0) is 73.7 Å². The predicted octanol–water partition coefficient (Wildman–Crippen LogP) is 7.35. The van der Waals surface area contributed by atoms with E-state index in [2.05, 4.69) is 21.2 Å². The molecule has 0 aromatic heterocycles. The first kappa shape index (κ1) is 34.4. The molecule has 2 amide bonds. The number of rotatable bonds is 12. The zero-order chi connectivity index (χ0) is 33.4. The second-order valence-electron chi connectivity index (χ2n) is 12.3. The van der Waals surface area contributed by atoms with E-state index < -0.39 is 28.5 Å². The smallest absolute Gasteiger partial charge is 0.264 e. The number of aryl methyl sites for hydroxylation is 2. The fraction of sp³-hybridized carbons (Fsp3) is 0.316. The van der Waals surface area contributed by atoms with Crippen LogP contribution in [-0.2, 0) is 32.6 Å². The van der Waals surface area contributed by atoms with E-state index in [-0.39, 0.29) is 29.8 Å². The van der Waals surface area contributed by atoms with Crippen LogP contribution in [0.3, 0.4) is 0 Å². The molecule has 1 aliphatic carbocycles. The average molecular weight is 717 g/mol. The van der Waals surface area contributed by atoms with Crippen molar-refractivity contribution in [1.82, 2.24) is 10.2 Å². The zero-order valence-electron chi connectivity index (χ0n) is 26.9. The Morgan fingerprint density at radius 3 is 2.11 bits per heavy atom. The Labute approximate surface area is 287 Å². The molecule has 5 rings (SSSR count). The predicted molar refractivity (Wildman–Crippen MR) is 191 cm³/mol. The fourth-order valence-corrected chi connectivity index (χ4v) is 7.82. The lowest BCUT2D eigenvalue weighted by atomic mass is 9.94. The lowest BCUT2D eigenvalue weighted by Gasteiger charge is -2.35. The Bertz CT molecular complexity index is 1760. The van der Waals surface area contributed by atoms with Gasteiger partial charge in [-0.15, -0.1) is 0 Å². The summed E-state index contributed by atoms with van der Waals surface area (Å²) >= 11 is 3.49. The summed E-state index contributed by atoms with van der Waals surface area (Å²) in [6.07, 6.45) is 5.35. The molecule has 4 aromatic carbocycles. The third-order valence-electron chi connectivity index (χ3n) is 8.76. The van der Waals surface area contributed by atoms with Crippen LogP contribution in [0.5, 0.6) is 0 Å². The maximum Gasteiger partial charge on any atom is 0.264 e. The lowest BCUT2D eigenvalue weighted by molar-refractivity contribution is -0.140. The molecule has 246 valence electrons. The molecule has 1 atom stereocenters. The molecule has 1 aliphatic rings. The van der Waals surface area contributed by atoms with Crippen LogP contribution in [0, 0.1) is 13.8 Å². The van der Waals surface area contributed by atoms with Gasteiger partial charge in [-0.1, -0.05) is 114 Å². The molecule has 1 saturated carbocycles. The monoisotopic (exact) mass is 715 g/mol. The summed E-state index contributed by atoms with van der Waals surface area (Å²) in [4.78, 5) is 30.6. The van der Waals surface area contributed by atoms with Gasteiger partial charge in [-0.2, -0.15) is 0 Å². The molecule has 47 heavy (non-hydrogen) atoms. The van der Waals surface area contributed by atoms with Crippen LogP contribution < -0.4 is 9.62 Å². The number of nitrogens with one attached hydrogen (secondary N) is 1. The van der Waals surface area contributed by atoms with Crippen LogP contribution in [0.15, 0.2) is 112 Å². The van der Waals surface area contributed by atoms with Crippen molar-refractivity contribution in [3.8, 4) is 0 Å². The van der Waals surface area contributed by atoms with Crippen molar-refractivity contribution in [1.29, 1.82) is 0 Å². The third-order valence-corrected chi connectivity index (χ3v) is 11.1. The van der Waals surface area contributed by atoms with Gasteiger partial charge in [-0.3, -0.25) is 13.9 Å². The van der Waals surface area contributed by atoms with Crippen molar-refractivity contribution in [2.75, 3.05) is 10.8 Å². The molecular weight excluding hydrogens is 674 g/mol. The van der Waals surface area contributed by atoms with Gasteiger partial charge in [0.25, 0.3) is 10.0 Å². The van der Waals surface area contributed by atoms with Crippen LogP contribution in [0.1, 0.15) is 54.4 Å². The molecular formula is C38H42BrN3O4S. The van der Waals surface area contributed by atoms with Gasteiger partial charge in [0.2, 0.25) is 11.8 Å². The Morgan fingerprint density at radius 1 is 0.809 bits per heavy atom. The summed E-state index contributed by atoms with van der Waals surface area (Å²) in [5, 5.41) is 3.25. The molecule has 1 fully saturated rings. The van der Waals surface area contributed by atoms with Gasteiger partial charge < -0.3 is 10.2 Å². The number of halogens is 1. The Hall–Kier alpha value is -3.95. The minimum Gasteiger partial charge on any atom is -0.352 e. The van der Waals surface area contributed by atoms with Gasteiger partial charge >= 0.3 is 0 Å². The van der Waals surface area contributed by atoms with Gasteiger partial charge in [0.05, 0.1) is 10.6 Å². The van der Waals surface area contributed by atoms with Gasteiger partial charge in [0, 0.05) is 23.5 Å². The third kappa shape index (κ3) is 8.90. The molecule has 0 heterocycles. The number of amides is 2. The average Bonchev–Trinajstić information content (AvgIpc) is 3.07. The molecule has 7 nitrogen and oxygen atoms in total. The second kappa shape index (κ2) is 15.8. The van der Waals surface area contributed by atoms with Crippen LogP contribution in [0.4, 0.5) is 5.69 Å². The van der Waals surface area contributed by atoms with Crippen molar-refractivity contribution in [2.45, 2.75) is 75.9 Å². The van der Waals surface area contributed by atoms with E-state index in [4.69, 9.17) is 0 Å². The molecule has 0 aliphatic heterocycles. The first-order chi connectivity index (χ1) is 22.6. The summed E-state index contributed by atoms with van der Waals surface area (Å²) < 4.78 is 30.6. The molecule has 0 spiro atoms. The van der Waals surface area contributed by atoms with Crippen LogP contribution in [0.2, 0.25) is 0 Å². The number of carbonyl (C=O) groups is 2. The van der Waals surface area contributed by atoms with E-state index in [1.54, 1.807) is 41.3 Å². The first-order valence-electron chi connectivity index (χ1n) is 16.1. The van der Waals surface area contributed by atoms with Crippen LogP contribution >= 0.6 is 15.9 Å². The van der Waals surface area contributed by atoms with E-state index >= 15 is 0 Å². The first-order valence-corrected chi connectivity index (χ1v) is 18.4. The molecule has 0 bridgehead atoms. The van der Waals surface area contributed by atoms with E-state index in [1.165, 1.54) is 4.31 Å². The maximum absolute atomic E-state index is 14.7. The minimum atomic E-state index is -4.15. The van der Waals surface area contributed by atoms with Crippen molar-refractivity contribution in [2.24, 2.45) is 0 Å². The zero-order valence-corrected chi connectivity index (χ0v) is 29.3. The highest BCUT2D eigenvalue weighted by atomic mass is 79.9. The number of hydrogen-bond acceptors (Lipinski definition) is 4. The van der Waals surface area contributed by atoms with Crippen molar-refractivity contribution >= 4 is 43.5 Å². The van der Waals surface area contributed by atoms with Crippen molar-refractivity contribution in [3.63, 3.8) is 0 Å². The normalized spacial score (nSPS) is 14.3. The maximum atomic E-state index is 14.7. The second-order valence-corrected chi connectivity index (χ2v) is 15.1. The molecule has 9 heteroatoms. The largest absolute Gasteiger partial charge is 0.352 e. The lowest BCUT2D eigenvalue weighted by Crippen LogP contribution is -2.55. The van der Waals surface area contributed by atoms with Gasteiger partial charge in [-0.25, -0.2) is 8.42 Å². The Kier molecular flexibility index (Phi) is 11.5. The topological polar surface area (TPSA) is 86.8 Å². The number of carbonyl (C=O) groups excluding carboxylic acids is 2. The quantitative estimate of drug-likeness (QED) is 0.166. The molecule has 1 N–H and O–H groups in total. The number of para-hydroxylation sites is 1. The summed E-state index contributed by atoms with van der Waals surface area (Å²) in [6, 6.07) is 30.2. The number of hydrogen-bond donors (Lipinski definition) is 1. The van der Waals surface area contributed by atoms with E-state index in [0.717, 1.165) is 53.3 Å². The fourth-order valence-electron chi connectivity index (χ4n) is 6.08. The molecule has 0 saturated heterocycles. The highest BCUT2D eigenvalue weighted by Crippen LogP contribution is 2.28. The van der Waals surface area contributed by atoms with E-state index in [1.807, 2.05) is 80.6 Å². The van der Waals surface area contributed by atoms with Crippen molar-refractivity contribution < 1.29 is 18.0 Å². The minimum absolute atomic E-state index is 0.0459. The molecule has 1 unspecified atom stereocenters. The summed E-state index contributed by atoms with van der Waals surface area (Å²) in [6.45, 7) is 3.38. The van der Waals surface area contributed by atoms with Crippen molar-refractivity contribution in [3.05, 3.63) is 130 Å². The SMILES string of the molecule is Cc1ccc(S(=O)(=O)N(CC(=O)N(Cc2ccc(Br)cc2)C(Cc2ccccc2)C(=O)NC2CCCCC2)c2ccccc2C)cc1. The summed E-state index contributed by atoms with van der Waals surface area (Å²) in [5.41, 5.74) is 3.79. The Morgan fingerprint density at radius 2 is 1.45 bits per heavy atom. The summed E-state index contributed by atoms with van der Waals surface area (Å²) in [7, 11) is -4.15. The standard InChI is InChI=1S/C38H42BrN3O4S/c1-28-17-23-34(24-18-28)47(45,46)42(35-16-10-9-11-29(35)2)27-37(43)41(26-31-19-21-32(39)22-20-31)36(25-30-12-5-3-6-13-30)38(44)40-33-14-7-4-8-15-33/h3,5-6,9-13,16-24,33,36H,4,7-8,14-15,25-27H2,1-2H3,(H,40,44). The Balaban J connectivity index is 1.56. The molecule has 0 radical (unpaired) electrons. The number of anilines is 1. The highest BCUT2D eigenvalue weighted by molar-refractivity contribution is 9.10. The van der Waals surface area contributed by atoms with Crippen LogP contribution in [-0.4, -0.2) is 43.8 Å².